The molecule has 0 N–H and O–H groups in total. The zero-order chi connectivity index (χ0) is 12.8. The SMILES string of the molecule is CN1CCCCC1CCN1CCN(CCCl)CC1. The monoisotopic (exact) mass is 273 g/mol. The number of hydrogen-bond acceptors (Lipinski definition) is 3. The molecule has 0 radical (unpaired) electrons. The lowest BCUT2D eigenvalue weighted by Crippen LogP contribution is -2.48. The molecular formula is C14H28ClN3. The number of hydrogen-bond donors (Lipinski definition) is 0. The normalized spacial score (nSPS) is 28.7. The van der Waals surface area contributed by atoms with Gasteiger partial charge in [0.05, 0.1) is 0 Å². The van der Waals surface area contributed by atoms with E-state index in [-0.39, 0.29) is 0 Å². The molecule has 2 fully saturated rings. The third-order valence-corrected chi connectivity index (χ3v) is 4.73. The minimum atomic E-state index is 0.771. The Morgan fingerprint density at radius 1 is 0.944 bits per heavy atom. The topological polar surface area (TPSA) is 9.72 Å². The van der Waals surface area contributed by atoms with Crippen LogP contribution in [0.3, 0.4) is 0 Å². The first kappa shape index (κ1) is 14.6. The van der Waals surface area contributed by atoms with Crippen LogP contribution in [0.2, 0.25) is 0 Å². The first-order valence-corrected chi connectivity index (χ1v) is 8.04. The summed E-state index contributed by atoms with van der Waals surface area (Å²) in [5.41, 5.74) is 0. The van der Waals surface area contributed by atoms with Gasteiger partial charge in [-0.2, -0.15) is 0 Å². The van der Waals surface area contributed by atoms with Gasteiger partial charge in [0.25, 0.3) is 0 Å². The van der Waals surface area contributed by atoms with Crippen molar-refractivity contribution in [3.63, 3.8) is 0 Å². The molecule has 1 unspecified atom stereocenters. The van der Waals surface area contributed by atoms with Crippen LogP contribution >= 0.6 is 11.6 Å². The van der Waals surface area contributed by atoms with Crippen molar-refractivity contribution in [2.45, 2.75) is 31.7 Å². The molecule has 1 atom stereocenters. The molecule has 0 amide bonds. The van der Waals surface area contributed by atoms with E-state index >= 15 is 0 Å². The number of piperazine rings is 1. The molecule has 0 aliphatic carbocycles. The van der Waals surface area contributed by atoms with Crippen molar-refractivity contribution < 1.29 is 0 Å². The predicted octanol–water partition coefficient (Wildman–Crippen LogP) is 1.72. The Kier molecular flexibility index (Phi) is 6.22. The van der Waals surface area contributed by atoms with Gasteiger partial charge >= 0.3 is 0 Å². The summed E-state index contributed by atoms with van der Waals surface area (Å²) in [5.74, 6) is 0.771. The highest BCUT2D eigenvalue weighted by Gasteiger charge is 2.21. The number of halogens is 1. The molecule has 3 nitrogen and oxygen atoms in total. The standard InChI is InChI=1S/C14H28ClN3/c1-16-7-3-2-4-14(16)5-8-17-10-12-18(9-6-15)13-11-17/h14H,2-13H2,1H3. The molecule has 2 rings (SSSR count). The largest absolute Gasteiger partial charge is 0.303 e. The van der Waals surface area contributed by atoms with E-state index < -0.39 is 0 Å². The van der Waals surface area contributed by atoms with E-state index in [1.54, 1.807) is 0 Å². The van der Waals surface area contributed by atoms with Crippen LogP contribution in [0, 0.1) is 0 Å². The summed E-state index contributed by atoms with van der Waals surface area (Å²) in [6.07, 6.45) is 5.58. The van der Waals surface area contributed by atoms with E-state index in [0.29, 0.717) is 0 Å². The summed E-state index contributed by atoms with van der Waals surface area (Å²) in [4.78, 5) is 7.68. The predicted molar refractivity (Wildman–Crippen MR) is 78.5 cm³/mol. The van der Waals surface area contributed by atoms with Crippen LogP contribution in [0.5, 0.6) is 0 Å². The van der Waals surface area contributed by atoms with E-state index in [1.807, 2.05) is 0 Å². The number of alkyl halides is 1. The van der Waals surface area contributed by atoms with E-state index in [1.165, 1.54) is 65.0 Å². The quantitative estimate of drug-likeness (QED) is 0.707. The summed E-state index contributed by atoms with van der Waals surface area (Å²) < 4.78 is 0. The Hall–Kier alpha value is 0.170. The smallest absolute Gasteiger partial charge is 0.0351 e. The van der Waals surface area contributed by atoms with Gasteiger partial charge in [-0.1, -0.05) is 6.42 Å². The van der Waals surface area contributed by atoms with Gasteiger partial charge in [-0.3, -0.25) is 4.90 Å². The fraction of sp³-hybridized carbons (Fsp3) is 1.00. The summed E-state index contributed by atoms with van der Waals surface area (Å²) >= 11 is 5.79. The van der Waals surface area contributed by atoms with Crippen LogP contribution in [-0.4, -0.2) is 79.5 Å². The second kappa shape index (κ2) is 7.68. The molecule has 0 aromatic heterocycles. The Balaban J connectivity index is 1.62. The van der Waals surface area contributed by atoms with Crippen LogP contribution in [-0.2, 0) is 0 Å². The van der Waals surface area contributed by atoms with Crippen molar-refractivity contribution in [3.05, 3.63) is 0 Å². The maximum Gasteiger partial charge on any atom is 0.0351 e. The second-order valence-corrected chi connectivity index (χ2v) is 6.17. The molecule has 18 heavy (non-hydrogen) atoms. The average molecular weight is 274 g/mol. The van der Waals surface area contributed by atoms with Crippen molar-refractivity contribution in [1.29, 1.82) is 0 Å². The lowest BCUT2D eigenvalue weighted by atomic mass is 10.00. The second-order valence-electron chi connectivity index (χ2n) is 5.79. The van der Waals surface area contributed by atoms with E-state index in [0.717, 1.165) is 18.5 Å². The van der Waals surface area contributed by atoms with Crippen LogP contribution < -0.4 is 0 Å². The molecule has 2 heterocycles. The number of rotatable bonds is 5. The zero-order valence-corrected chi connectivity index (χ0v) is 12.5. The fourth-order valence-corrected chi connectivity index (χ4v) is 3.44. The van der Waals surface area contributed by atoms with Gasteiger partial charge in [0.1, 0.15) is 0 Å². The van der Waals surface area contributed by atoms with Gasteiger partial charge in [-0.25, -0.2) is 0 Å². The molecule has 0 aromatic rings. The lowest BCUT2D eigenvalue weighted by molar-refractivity contribution is 0.113. The van der Waals surface area contributed by atoms with Gasteiger partial charge in [0.2, 0.25) is 0 Å². The summed E-state index contributed by atoms with van der Waals surface area (Å²) in [6, 6.07) is 0.833. The molecule has 0 bridgehead atoms. The molecule has 0 saturated carbocycles. The maximum absolute atomic E-state index is 5.79. The number of nitrogens with zero attached hydrogens (tertiary/aromatic N) is 3. The number of likely N-dealkylation sites (tertiary alicyclic amines) is 1. The molecule has 4 heteroatoms. The molecule has 0 spiro atoms. The fourth-order valence-electron chi connectivity index (χ4n) is 3.20. The van der Waals surface area contributed by atoms with Gasteiger partial charge in [-0.15, -0.1) is 11.6 Å². The third kappa shape index (κ3) is 4.37. The summed E-state index contributed by atoms with van der Waals surface area (Å²) in [5, 5.41) is 0. The van der Waals surface area contributed by atoms with Crippen LogP contribution in [0.15, 0.2) is 0 Å². The Morgan fingerprint density at radius 3 is 2.22 bits per heavy atom. The van der Waals surface area contributed by atoms with Crippen molar-refractivity contribution in [3.8, 4) is 0 Å². The highest BCUT2D eigenvalue weighted by molar-refractivity contribution is 6.18. The lowest BCUT2D eigenvalue weighted by Gasteiger charge is -2.37. The Morgan fingerprint density at radius 2 is 1.61 bits per heavy atom. The maximum atomic E-state index is 5.79. The number of piperidine rings is 1. The summed E-state index contributed by atoms with van der Waals surface area (Å²) in [7, 11) is 2.29. The zero-order valence-electron chi connectivity index (χ0n) is 11.8. The van der Waals surface area contributed by atoms with Crippen LogP contribution in [0.1, 0.15) is 25.7 Å². The minimum Gasteiger partial charge on any atom is -0.303 e. The van der Waals surface area contributed by atoms with Gasteiger partial charge < -0.3 is 9.80 Å². The molecule has 2 aliphatic heterocycles. The van der Waals surface area contributed by atoms with Crippen LogP contribution in [0.25, 0.3) is 0 Å². The third-order valence-electron chi connectivity index (χ3n) is 4.57. The Bertz CT molecular complexity index is 229. The van der Waals surface area contributed by atoms with Gasteiger partial charge in [-0.05, 0) is 39.4 Å². The highest BCUT2D eigenvalue weighted by Crippen LogP contribution is 2.18. The van der Waals surface area contributed by atoms with Crippen molar-refractivity contribution >= 4 is 11.6 Å². The molecule has 0 aromatic carbocycles. The first-order chi connectivity index (χ1) is 8.79. The molecular weight excluding hydrogens is 246 g/mol. The molecule has 2 aliphatic rings. The van der Waals surface area contributed by atoms with E-state index in [9.17, 15) is 0 Å². The minimum absolute atomic E-state index is 0.771. The van der Waals surface area contributed by atoms with Crippen LogP contribution in [0.4, 0.5) is 0 Å². The van der Waals surface area contributed by atoms with Crippen molar-refractivity contribution in [2.24, 2.45) is 0 Å². The molecule has 2 saturated heterocycles. The van der Waals surface area contributed by atoms with E-state index in [2.05, 4.69) is 21.7 Å². The first-order valence-electron chi connectivity index (χ1n) is 7.50. The Labute approximate surface area is 117 Å². The van der Waals surface area contributed by atoms with Crippen molar-refractivity contribution in [1.82, 2.24) is 14.7 Å². The van der Waals surface area contributed by atoms with E-state index in [4.69, 9.17) is 11.6 Å². The average Bonchev–Trinajstić information content (AvgIpc) is 2.40. The highest BCUT2D eigenvalue weighted by atomic mass is 35.5. The van der Waals surface area contributed by atoms with Crippen molar-refractivity contribution in [2.75, 3.05) is 58.7 Å². The van der Waals surface area contributed by atoms with Gasteiger partial charge in [0, 0.05) is 44.6 Å². The van der Waals surface area contributed by atoms with Gasteiger partial charge in [0.15, 0.2) is 0 Å². The molecule has 106 valence electrons. The summed E-state index contributed by atoms with van der Waals surface area (Å²) in [6.45, 7) is 8.50.